The van der Waals surface area contributed by atoms with Gasteiger partial charge in [0.15, 0.2) is 12.6 Å². The van der Waals surface area contributed by atoms with Gasteiger partial charge in [0.2, 0.25) is 0 Å². The molecule has 0 aliphatic carbocycles. The summed E-state index contributed by atoms with van der Waals surface area (Å²) in [4.78, 5) is 0. The highest BCUT2D eigenvalue weighted by atomic mass is 16.7. The zero-order chi connectivity index (χ0) is 28.4. The van der Waals surface area contributed by atoms with E-state index >= 15 is 0 Å². The van der Waals surface area contributed by atoms with Gasteiger partial charge in [-0.3, -0.25) is 0 Å². The standard InChI is InChI=1S/C33H40O8/c1-23-27(34)17-18-29(39-23)41-30-28(22-36-19-24-11-5-2-6-12-24)40-33(35)32(38-21-26-15-9-4-10-16-26)31(30)37-20-25-13-7-3-8-14-25/h2-16,23,27-35H,17-22H2,1H3/t23-,27-,28+,29-,30+,31-,32+,33-/m0/s1. The molecule has 220 valence electrons. The van der Waals surface area contributed by atoms with Crippen LogP contribution >= 0.6 is 0 Å². The molecule has 0 spiro atoms. The molecule has 0 unspecified atom stereocenters. The quantitative estimate of drug-likeness (QED) is 0.335. The van der Waals surface area contributed by atoms with Crippen LogP contribution in [0.2, 0.25) is 0 Å². The van der Waals surface area contributed by atoms with Crippen molar-refractivity contribution in [1.82, 2.24) is 0 Å². The summed E-state index contributed by atoms with van der Waals surface area (Å²) in [6.07, 6.45) is -4.54. The summed E-state index contributed by atoms with van der Waals surface area (Å²) in [5, 5.41) is 21.4. The number of ether oxygens (including phenoxy) is 6. The van der Waals surface area contributed by atoms with Crippen molar-refractivity contribution in [3.8, 4) is 0 Å². The molecule has 0 radical (unpaired) electrons. The Balaban J connectivity index is 1.36. The maximum Gasteiger partial charge on any atom is 0.184 e. The van der Waals surface area contributed by atoms with E-state index in [1.807, 2.05) is 97.9 Å². The van der Waals surface area contributed by atoms with Crippen LogP contribution in [-0.2, 0) is 48.2 Å². The number of hydrogen-bond donors (Lipinski definition) is 2. The Morgan fingerprint density at radius 3 is 1.76 bits per heavy atom. The third-order valence-corrected chi connectivity index (χ3v) is 7.49. The first kappa shape index (κ1) is 29.8. The van der Waals surface area contributed by atoms with Crippen molar-refractivity contribution in [1.29, 1.82) is 0 Å². The van der Waals surface area contributed by atoms with Gasteiger partial charge < -0.3 is 38.6 Å². The van der Waals surface area contributed by atoms with Crippen LogP contribution in [0, 0.1) is 0 Å². The molecule has 2 aliphatic heterocycles. The van der Waals surface area contributed by atoms with Crippen molar-refractivity contribution in [3.05, 3.63) is 108 Å². The molecule has 0 saturated carbocycles. The van der Waals surface area contributed by atoms with E-state index in [9.17, 15) is 10.2 Å². The second-order valence-electron chi connectivity index (χ2n) is 10.6. The van der Waals surface area contributed by atoms with E-state index in [0.717, 1.165) is 16.7 Å². The van der Waals surface area contributed by atoms with E-state index in [2.05, 4.69) is 0 Å². The first-order valence-corrected chi connectivity index (χ1v) is 14.3. The van der Waals surface area contributed by atoms with E-state index in [1.165, 1.54) is 0 Å². The van der Waals surface area contributed by atoms with Crippen LogP contribution in [-0.4, -0.2) is 66.0 Å². The fraction of sp³-hybridized carbons (Fsp3) is 0.455. The molecule has 8 heteroatoms. The molecule has 8 atom stereocenters. The molecule has 2 fully saturated rings. The Labute approximate surface area is 241 Å². The fourth-order valence-electron chi connectivity index (χ4n) is 5.18. The Bertz CT molecular complexity index is 1150. The van der Waals surface area contributed by atoms with Crippen molar-refractivity contribution in [2.24, 2.45) is 0 Å². The van der Waals surface area contributed by atoms with Gasteiger partial charge in [-0.2, -0.15) is 0 Å². The average Bonchev–Trinajstić information content (AvgIpc) is 3.00. The van der Waals surface area contributed by atoms with Crippen LogP contribution in [0.1, 0.15) is 36.5 Å². The summed E-state index contributed by atoms with van der Waals surface area (Å²) in [7, 11) is 0. The smallest absolute Gasteiger partial charge is 0.184 e. The molecular formula is C33H40O8. The minimum Gasteiger partial charge on any atom is -0.390 e. The van der Waals surface area contributed by atoms with E-state index in [-0.39, 0.29) is 19.3 Å². The van der Waals surface area contributed by atoms with Gasteiger partial charge in [-0.1, -0.05) is 91.0 Å². The van der Waals surface area contributed by atoms with E-state index < -0.39 is 43.1 Å². The molecule has 0 bridgehead atoms. The molecule has 3 aromatic carbocycles. The van der Waals surface area contributed by atoms with Crippen molar-refractivity contribution < 1.29 is 38.6 Å². The highest BCUT2D eigenvalue weighted by molar-refractivity contribution is 5.15. The summed E-state index contributed by atoms with van der Waals surface area (Å²) in [6.45, 7) is 2.94. The molecule has 2 aliphatic rings. The van der Waals surface area contributed by atoms with E-state index in [0.29, 0.717) is 26.1 Å². The lowest BCUT2D eigenvalue weighted by atomic mass is 9.97. The zero-order valence-electron chi connectivity index (χ0n) is 23.4. The lowest BCUT2D eigenvalue weighted by Gasteiger charge is -2.46. The maximum atomic E-state index is 11.2. The van der Waals surface area contributed by atoms with Crippen molar-refractivity contribution in [3.63, 3.8) is 0 Å². The SMILES string of the molecule is C[C@@H]1O[C@@H](O[C@H]2[C@H](OCc3ccccc3)[C@@H](OCc3ccccc3)[C@@H](O)O[C@@H]2COCc2ccccc2)CC[C@@H]1O. The minimum atomic E-state index is -1.27. The number of aliphatic hydroxyl groups is 2. The lowest BCUT2D eigenvalue weighted by Crippen LogP contribution is -2.62. The summed E-state index contributed by atoms with van der Waals surface area (Å²) in [5.41, 5.74) is 2.98. The minimum absolute atomic E-state index is 0.165. The number of benzene rings is 3. The van der Waals surface area contributed by atoms with E-state index in [1.54, 1.807) is 0 Å². The highest BCUT2D eigenvalue weighted by Crippen LogP contribution is 2.32. The fourth-order valence-corrected chi connectivity index (χ4v) is 5.18. The molecule has 2 heterocycles. The van der Waals surface area contributed by atoms with Crippen LogP contribution in [0.4, 0.5) is 0 Å². The number of rotatable bonds is 12. The second-order valence-corrected chi connectivity index (χ2v) is 10.6. The first-order chi connectivity index (χ1) is 20.1. The van der Waals surface area contributed by atoms with Crippen LogP contribution < -0.4 is 0 Å². The molecule has 41 heavy (non-hydrogen) atoms. The molecule has 3 aromatic rings. The number of hydrogen-bond acceptors (Lipinski definition) is 8. The third kappa shape index (κ3) is 8.44. The largest absolute Gasteiger partial charge is 0.390 e. The lowest BCUT2D eigenvalue weighted by molar-refractivity contribution is -0.343. The molecule has 5 rings (SSSR count). The van der Waals surface area contributed by atoms with Gasteiger partial charge in [0.1, 0.15) is 24.4 Å². The third-order valence-electron chi connectivity index (χ3n) is 7.49. The van der Waals surface area contributed by atoms with Crippen LogP contribution in [0.3, 0.4) is 0 Å². The van der Waals surface area contributed by atoms with Gasteiger partial charge in [-0.25, -0.2) is 0 Å². The van der Waals surface area contributed by atoms with Crippen LogP contribution in [0.25, 0.3) is 0 Å². The normalized spacial score (nSPS) is 30.2. The highest BCUT2D eigenvalue weighted by Gasteiger charge is 2.49. The molecule has 2 N–H and O–H groups in total. The summed E-state index contributed by atoms with van der Waals surface area (Å²) < 4.78 is 37.4. The Kier molecular flexibility index (Phi) is 10.9. The topological polar surface area (TPSA) is 95.8 Å². The molecule has 0 aromatic heterocycles. The predicted molar refractivity (Wildman–Crippen MR) is 151 cm³/mol. The molecular weight excluding hydrogens is 524 g/mol. The molecule has 0 amide bonds. The number of aliphatic hydroxyl groups excluding tert-OH is 2. The van der Waals surface area contributed by atoms with E-state index in [4.69, 9.17) is 28.4 Å². The van der Waals surface area contributed by atoms with Gasteiger partial charge in [-0.15, -0.1) is 0 Å². The van der Waals surface area contributed by atoms with Crippen LogP contribution in [0.15, 0.2) is 91.0 Å². The Morgan fingerprint density at radius 1 is 0.659 bits per heavy atom. The predicted octanol–water partition coefficient (Wildman–Crippen LogP) is 4.36. The summed E-state index contributed by atoms with van der Waals surface area (Å²) in [6, 6.07) is 29.5. The van der Waals surface area contributed by atoms with Gasteiger partial charge in [0.25, 0.3) is 0 Å². The van der Waals surface area contributed by atoms with Crippen molar-refractivity contribution in [2.75, 3.05) is 6.61 Å². The van der Waals surface area contributed by atoms with Gasteiger partial charge >= 0.3 is 0 Å². The summed E-state index contributed by atoms with van der Waals surface area (Å²) >= 11 is 0. The van der Waals surface area contributed by atoms with Gasteiger partial charge in [0.05, 0.1) is 38.6 Å². The zero-order valence-corrected chi connectivity index (χ0v) is 23.4. The van der Waals surface area contributed by atoms with Gasteiger partial charge in [0, 0.05) is 6.42 Å². The molecule has 2 saturated heterocycles. The second kappa shape index (κ2) is 15.0. The van der Waals surface area contributed by atoms with Crippen molar-refractivity contribution in [2.45, 2.75) is 88.8 Å². The first-order valence-electron chi connectivity index (χ1n) is 14.3. The maximum absolute atomic E-state index is 11.2. The van der Waals surface area contributed by atoms with Gasteiger partial charge in [-0.05, 0) is 30.0 Å². The monoisotopic (exact) mass is 564 g/mol. The Morgan fingerprint density at radius 2 is 1.20 bits per heavy atom. The molecule has 8 nitrogen and oxygen atoms in total. The average molecular weight is 565 g/mol. The Hall–Kier alpha value is -2.66. The summed E-state index contributed by atoms with van der Waals surface area (Å²) in [5.74, 6) is 0. The van der Waals surface area contributed by atoms with Crippen LogP contribution in [0.5, 0.6) is 0 Å². The van der Waals surface area contributed by atoms with Crippen molar-refractivity contribution >= 4 is 0 Å².